The Morgan fingerprint density at radius 2 is 1.77 bits per heavy atom. The molecule has 1 aromatic heterocycles. The second-order valence-corrected chi connectivity index (χ2v) is 6.96. The molecule has 1 heterocycles. The Labute approximate surface area is 177 Å². The van der Waals surface area contributed by atoms with E-state index in [9.17, 15) is 0 Å². The molecule has 160 valence electrons. The minimum Gasteiger partial charge on any atom is -0.493 e. The summed E-state index contributed by atoms with van der Waals surface area (Å²) in [4.78, 5) is 7.67. The fourth-order valence-corrected chi connectivity index (χ4v) is 3.52. The van der Waals surface area contributed by atoms with E-state index in [4.69, 9.17) is 14.2 Å². The zero-order valence-electron chi connectivity index (χ0n) is 18.3. The topological polar surface area (TPSA) is 79.9 Å². The van der Waals surface area contributed by atoms with Crippen LogP contribution in [0.5, 0.6) is 17.2 Å². The van der Waals surface area contributed by atoms with Crippen LogP contribution in [-0.2, 0) is 13.0 Å². The summed E-state index contributed by atoms with van der Waals surface area (Å²) in [6.45, 7) is 3.41. The summed E-state index contributed by atoms with van der Waals surface area (Å²) in [6, 6.07) is 10.3. The van der Waals surface area contributed by atoms with Gasteiger partial charge in [-0.05, 0) is 42.7 Å². The predicted octanol–water partition coefficient (Wildman–Crippen LogP) is 3.41. The van der Waals surface area contributed by atoms with E-state index in [1.54, 1.807) is 28.4 Å². The molecular formula is C23H30N4O3. The number of rotatable bonds is 8. The lowest BCUT2D eigenvalue weighted by Gasteiger charge is -2.17. The number of fused-ring (bicyclic) bond motifs is 1. The summed E-state index contributed by atoms with van der Waals surface area (Å²) in [6.07, 6.45) is 2.97. The van der Waals surface area contributed by atoms with Gasteiger partial charge in [-0.3, -0.25) is 4.99 Å². The monoisotopic (exact) mass is 410 g/mol. The second-order valence-electron chi connectivity index (χ2n) is 6.96. The molecule has 0 amide bonds. The molecule has 0 atom stereocenters. The third-order valence-electron chi connectivity index (χ3n) is 5.07. The van der Waals surface area contributed by atoms with Crippen molar-refractivity contribution in [3.63, 3.8) is 0 Å². The van der Waals surface area contributed by atoms with E-state index in [-0.39, 0.29) is 0 Å². The maximum absolute atomic E-state index is 5.55. The third kappa shape index (κ3) is 4.62. The average Bonchev–Trinajstić information content (AvgIpc) is 3.16. The van der Waals surface area contributed by atoms with Crippen LogP contribution in [0, 0.1) is 6.92 Å². The molecule has 0 aliphatic rings. The summed E-state index contributed by atoms with van der Waals surface area (Å²) in [5.41, 5.74) is 4.66. The minimum absolute atomic E-state index is 0.537. The average molecular weight is 411 g/mol. The van der Waals surface area contributed by atoms with Crippen molar-refractivity contribution in [1.82, 2.24) is 15.6 Å². The van der Waals surface area contributed by atoms with E-state index in [0.717, 1.165) is 24.5 Å². The van der Waals surface area contributed by atoms with Gasteiger partial charge in [-0.15, -0.1) is 0 Å². The first-order chi connectivity index (χ1) is 14.6. The molecule has 3 N–H and O–H groups in total. The molecule has 7 heteroatoms. The van der Waals surface area contributed by atoms with Crippen LogP contribution in [0.15, 0.2) is 41.5 Å². The number of aryl methyl sites for hydroxylation is 1. The molecule has 7 nitrogen and oxygen atoms in total. The number of benzene rings is 2. The Hall–Kier alpha value is -3.35. The van der Waals surface area contributed by atoms with Crippen LogP contribution in [-0.4, -0.2) is 45.9 Å². The van der Waals surface area contributed by atoms with Crippen molar-refractivity contribution in [2.75, 3.05) is 34.9 Å². The molecule has 0 radical (unpaired) electrons. The molecule has 0 unspecified atom stereocenters. The highest BCUT2D eigenvalue weighted by molar-refractivity contribution is 5.84. The Balaban J connectivity index is 1.60. The van der Waals surface area contributed by atoms with Gasteiger partial charge < -0.3 is 29.8 Å². The van der Waals surface area contributed by atoms with E-state index in [2.05, 4.69) is 51.9 Å². The molecule has 0 aliphatic carbocycles. The standard InChI is InChI=1S/C23H30N4O3/c1-15-6-8-18-16(13-26-19(18)12-15)10-11-25-23(24-2)27-14-17-7-9-20(28-3)22(30-5)21(17)29-4/h6-9,12-13,26H,10-11,14H2,1-5H3,(H2,24,25,27). The Morgan fingerprint density at radius 3 is 2.47 bits per heavy atom. The first-order valence-corrected chi connectivity index (χ1v) is 9.90. The fourth-order valence-electron chi connectivity index (χ4n) is 3.52. The van der Waals surface area contributed by atoms with E-state index >= 15 is 0 Å². The Bertz CT molecular complexity index is 1030. The van der Waals surface area contributed by atoms with E-state index in [1.807, 2.05) is 12.1 Å². The van der Waals surface area contributed by atoms with Crippen LogP contribution in [0.4, 0.5) is 0 Å². The number of aromatic nitrogens is 1. The SMILES string of the molecule is CN=C(NCCc1c[nH]c2cc(C)ccc12)NCc1ccc(OC)c(OC)c1OC. The molecular weight excluding hydrogens is 380 g/mol. The molecule has 3 rings (SSSR count). The van der Waals surface area contributed by atoms with Crippen LogP contribution in [0.1, 0.15) is 16.7 Å². The largest absolute Gasteiger partial charge is 0.493 e. The van der Waals surface area contributed by atoms with Crippen molar-refractivity contribution < 1.29 is 14.2 Å². The number of H-pyrrole nitrogens is 1. The van der Waals surface area contributed by atoms with Gasteiger partial charge in [-0.1, -0.05) is 12.1 Å². The molecule has 0 spiro atoms. The summed E-state index contributed by atoms with van der Waals surface area (Å²) in [7, 11) is 6.59. The van der Waals surface area contributed by atoms with Gasteiger partial charge in [0.2, 0.25) is 5.75 Å². The summed E-state index contributed by atoms with van der Waals surface area (Å²) in [5, 5.41) is 7.96. The van der Waals surface area contributed by atoms with Crippen LogP contribution in [0.2, 0.25) is 0 Å². The number of methoxy groups -OCH3 is 3. The van der Waals surface area contributed by atoms with Gasteiger partial charge in [0.05, 0.1) is 21.3 Å². The lowest BCUT2D eigenvalue weighted by Crippen LogP contribution is -2.37. The minimum atomic E-state index is 0.537. The molecule has 0 saturated carbocycles. The van der Waals surface area contributed by atoms with E-state index < -0.39 is 0 Å². The normalized spacial score (nSPS) is 11.4. The molecule has 0 bridgehead atoms. The van der Waals surface area contributed by atoms with Crippen molar-refractivity contribution in [3.05, 3.63) is 53.2 Å². The number of nitrogens with zero attached hydrogens (tertiary/aromatic N) is 1. The Morgan fingerprint density at radius 1 is 0.967 bits per heavy atom. The number of guanidine groups is 1. The first kappa shape index (κ1) is 21.4. The van der Waals surface area contributed by atoms with E-state index in [1.165, 1.54) is 22.0 Å². The summed E-state index contributed by atoms with van der Waals surface area (Å²) in [5.74, 6) is 2.59. The van der Waals surface area contributed by atoms with Crippen molar-refractivity contribution >= 4 is 16.9 Å². The van der Waals surface area contributed by atoms with Gasteiger partial charge in [0.25, 0.3) is 0 Å². The lowest BCUT2D eigenvalue weighted by atomic mass is 10.1. The zero-order valence-corrected chi connectivity index (χ0v) is 18.3. The van der Waals surface area contributed by atoms with Crippen molar-refractivity contribution in [2.24, 2.45) is 4.99 Å². The van der Waals surface area contributed by atoms with Crippen LogP contribution < -0.4 is 24.8 Å². The van der Waals surface area contributed by atoms with Gasteiger partial charge >= 0.3 is 0 Å². The van der Waals surface area contributed by atoms with Gasteiger partial charge in [0.1, 0.15) is 0 Å². The third-order valence-corrected chi connectivity index (χ3v) is 5.07. The van der Waals surface area contributed by atoms with Crippen LogP contribution in [0.25, 0.3) is 10.9 Å². The smallest absolute Gasteiger partial charge is 0.203 e. The highest BCUT2D eigenvalue weighted by Crippen LogP contribution is 2.39. The highest BCUT2D eigenvalue weighted by Gasteiger charge is 2.16. The molecule has 0 fully saturated rings. The summed E-state index contributed by atoms with van der Waals surface area (Å²) < 4.78 is 16.3. The number of nitrogens with one attached hydrogen (secondary N) is 3. The van der Waals surface area contributed by atoms with Crippen LogP contribution >= 0.6 is 0 Å². The van der Waals surface area contributed by atoms with Crippen molar-refractivity contribution in [1.29, 1.82) is 0 Å². The van der Waals surface area contributed by atoms with Gasteiger partial charge in [0.15, 0.2) is 17.5 Å². The number of ether oxygens (including phenoxy) is 3. The first-order valence-electron chi connectivity index (χ1n) is 9.90. The molecule has 3 aromatic rings. The quantitative estimate of drug-likeness (QED) is 0.392. The fraction of sp³-hybridized carbons (Fsp3) is 0.348. The highest BCUT2D eigenvalue weighted by atomic mass is 16.5. The number of aliphatic imine (C=N–C) groups is 1. The zero-order chi connectivity index (χ0) is 21.5. The molecule has 0 aliphatic heterocycles. The Kier molecular flexibility index (Phi) is 7.06. The van der Waals surface area contributed by atoms with Gasteiger partial charge in [-0.25, -0.2) is 0 Å². The van der Waals surface area contributed by atoms with Crippen molar-refractivity contribution in [3.8, 4) is 17.2 Å². The van der Waals surface area contributed by atoms with Crippen LogP contribution in [0.3, 0.4) is 0 Å². The predicted molar refractivity (Wildman–Crippen MR) is 121 cm³/mol. The number of hydrogen-bond donors (Lipinski definition) is 3. The molecule has 0 saturated heterocycles. The number of aromatic amines is 1. The van der Waals surface area contributed by atoms with E-state index in [0.29, 0.717) is 23.8 Å². The lowest BCUT2D eigenvalue weighted by molar-refractivity contribution is 0.322. The van der Waals surface area contributed by atoms with Gasteiger partial charge in [-0.2, -0.15) is 0 Å². The van der Waals surface area contributed by atoms with Gasteiger partial charge in [0, 0.05) is 42.8 Å². The summed E-state index contributed by atoms with van der Waals surface area (Å²) >= 11 is 0. The second kappa shape index (κ2) is 9.91. The molecule has 2 aromatic carbocycles. The molecule has 30 heavy (non-hydrogen) atoms. The maximum Gasteiger partial charge on any atom is 0.203 e. The number of hydrogen-bond acceptors (Lipinski definition) is 4. The van der Waals surface area contributed by atoms with Crippen molar-refractivity contribution in [2.45, 2.75) is 19.9 Å². The maximum atomic E-state index is 5.55.